The maximum absolute atomic E-state index is 13.6. The molecule has 0 unspecified atom stereocenters. The molecule has 1 aliphatic rings. The summed E-state index contributed by atoms with van der Waals surface area (Å²) in [4.78, 5) is 4.37. The summed E-state index contributed by atoms with van der Waals surface area (Å²) in [5.74, 6) is 0.262. The molecule has 5 nitrogen and oxygen atoms in total. The van der Waals surface area contributed by atoms with Crippen LogP contribution in [0.5, 0.6) is 5.75 Å². The van der Waals surface area contributed by atoms with Crippen molar-refractivity contribution in [3.05, 3.63) is 71.8 Å². The van der Waals surface area contributed by atoms with E-state index in [-0.39, 0.29) is 25.0 Å². The van der Waals surface area contributed by atoms with Crippen LogP contribution in [0.25, 0.3) is 11.3 Å². The minimum absolute atomic E-state index is 0.00864. The monoisotopic (exact) mass is 432 g/mol. The molecule has 0 amide bonds. The summed E-state index contributed by atoms with van der Waals surface area (Å²) in [5, 5.41) is 3.26. The van der Waals surface area contributed by atoms with E-state index in [4.69, 9.17) is 13.9 Å². The van der Waals surface area contributed by atoms with Crippen LogP contribution in [0.3, 0.4) is 0 Å². The van der Waals surface area contributed by atoms with Gasteiger partial charge in [0.2, 0.25) is 5.89 Å². The smallest absolute Gasteiger partial charge is 0.419 e. The molecule has 1 N–H and O–H groups in total. The van der Waals surface area contributed by atoms with Crippen molar-refractivity contribution in [1.29, 1.82) is 0 Å². The van der Waals surface area contributed by atoms with Crippen LogP contribution in [0.1, 0.15) is 35.9 Å². The van der Waals surface area contributed by atoms with E-state index in [1.54, 1.807) is 6.07 Å². The standard InChI is InChI=1S/C23H23F3N2O3/c24-23(25,26)18-13-17(20-15-31-22(28-20)19-7-4-10-27-19)8-9-21(18)30-12-11-29-14-16-5-2-1-3-6-16/h1-3,5-6,8-9,13,15,19,27H,4,7,10-12,14H2/t19-/m0/s1. The number of hydrogen-bond donors (Lipinski definition) is 1. The van der Waals surface area contributed by atoms with Gasteiger partial charge < -0.3 is 19.2 Å². The predicted molar refractivity (Wildman–Crippen MR) is 109 cm³/mol. The van der Waals surface area contributed by atoms with E-state index < -0.39 is 11.7 Å². The minimum atomic E-state index is -4.56. The Morgan fingerprint density at radius 3 is 2.68 bits per heavy atom. The van der Waals surface area contributed by atoms with Crippen LogP contribution in [0.15, 0.2) is 59.2 Å². The predicted octanol–water partition coefficient (Wildman–Crippen LogP) is 5.38. The fourth-order valence-electron chi connectivity index (χ4n) is 3.49. The van der Waals surface area contributed by atoms with Crippen molar-refractivity contribution in [3.63, 3.8) is 0 Å². The number of oxazole rings is 1. The topological polar surface area (TPSA) is 56.5 Å². The molecule has 1 saturated heterocycles. The second-order valence-corrected chi connectivity index (χ2v) is 7.32. The van der Waals surface area contributed by atoms with Crippen LogP contribution < -0.4 is 10.1 Å². The van der Waals surface area contributed by atoms with Crippen molar-refractivity contribution >= 4 is 0 Å². The second-order valence-electron chi connectivity index (χ2n) is 7.32. The maximum atomic E-state index is 13.6. The third-order valence-corrected chi connectivity index (χ3v) is 5.06. The molecule has 31 heavy (non-hydrogen) atoms. The van der Waals surface area contributed by atoms with Crippen LogP contribution in [0.4, 0.5) is 13.2 Å². The van der Waals surface area contributed by atoms with Gasteiger partial charge in [0.25, 0.3) is 0 Å². The molecule has 1 atom stereocenters. The van der Waals surface area contributed by atoms with E-state index in [9.17, 15) is 13.2 Å². The Kier molecular flexibility index (Phi) is 6.58. The van der Waals surface area contributed by atoms with E-state index >= 15 is 0 Å². The van der Waals surface area contributed by atoms with Crippen molar-refractivity contribution in [3.8, 4) is 17.0 Å². The highest BCUT2D eigenvalue weighted by atomic mass is 19.4. The molecule has 1 fully saturated rings. The zero-order valence-electron chi connectivity index (χ0n) is 16.8. The molecule has 2 heterocycles. The van der Waals surface area contributed by atoms with Crippen molar-refractivity contribution in [2.75, 3.05) is 19.8 Å². The number of hydrogen-bond acceptors (Lipinski definition) is 5. The molecule has 1 aliphatic heterocycles. The number of ether oxygens (including phenoxy) is 2. The summed E-state index contributed by atoms with van der Waals surface area (Å²) in [5.41, 5.74) is 0.833. The molecule has 1 aromatic heterocycles. The molecule has 0 saturated carbocycles. The Bertz CT molecular complexity index is 983. The molecular weight excluding hydrogens is 409 g/mol. The summed E-state index contributed by atoms with van der Waals surface area (Å²) in [7, 11) is 0. The Labute approximate surface area is 178 Å². The third-order valence-electron chi connectivity index (χ3n) is 5.06. The lowest BCUT2D eigenvalue weighted by Crippen LogP contribution is -2.13. The van der Waals surface area contributed by atoms with Crippen molar-refractivity contribution < 1.29 is 27.1 Å². The van der Waals surface area contributed by atoms with Crippen LogP contribution in [-0.2, 0) is 17.5 Å². The second kappa shape index (κ2) is 9.53. The number of rotatable bonds is 8. The van der Waals surface area contributed by atoms with Gasteiger partial charge in [-0.15, -0.1) is 0 Å². The number of halogens is 3. The summed E-state index contributed by atoms with van der Waals surface area (Å²) >= 11 is 0. The van der Waals surface area contributed by atoms with Crippen LogP contribution in [0, 0.1) is 0 Å². The first-order chi connectivity index (χ1) is 15.0. The SMILES string of the molecule is FC(F)(F)c1cc(-c2coc([C@@H]3CCCN3)n2)ccc1OCCOCc1ccccc1. The largest absolute Gasteiger partial charge is 0.491 e. The summed E-state index contributed by atoms with van der Waals surface area (Å²) < 4.78 is 57.2. The lowest BCUT2D eigenvalue weighted by atomic mass is 10.1. The Morgan fingerprint density at radius 2 is 1.94 bits per heavy atom. The first-order valence-corrected chi connectivity index (χ1v) is 10.2. The van der Waals surface area contributed by atoms with E-state index in [1.807, 2.05) is 30.3 Å². The van der Waals surface area contributed by atoms with Crippen LogP contribution in [0.2, 0.25) is 0 Å². The lowest BCUT2D eigenvalue weighted by molar-refractivity contribution is -0.139. The minimum Gasteiger partial charge on any atom is -0.491 e. The van der Waals surface area contributed by atoms with Gasteiger partial charge in [-0.3, -0.25) is 0 Å². The van der Waals surface area contributed by atoms with Gasteiger partial charge in [-0.25, -0.2) is 4.98 Å². The van der Waals surface area contributed by atoms with Crippen molar-refractivity contribution in [2.24, 2.45) is 0 Å². The molecular formula is C23H23F3N2O3. The molecule has 8 heteroatoms. The van der Waals surface area contributed by atoms with Gasteiger partial charge in [0.1, 0.15) is 24.3 Å². The Balaban J connectivity index is 1.41. The molecule has 4 rings (SSSR count). The van der Waals surface area contributed by atoms with E-state index in [1.165, 1.54) is 12.3 Å². The van der Waals surface area contributed by atoms with Gasteiger partial charge in [0, 0.05) is 5.56 Å². The van der Waals surface area contributed by atoms with Crippen molar-refractivity contribution in [2.45, 2.75) is 31.7 Å². The lowest BCUT2D eigenvalue weighted by Gasteiger charge is -2.15. The van der Waals surface area contributed by atoms with Crippen LogP contribution in [-0.4, -0.2) is 24.7 Å². The first-order valence-electron chi connectivity index (χ1n) is 10.2. The zero-order chi connectivity index (χ0) is 21.7. The fraction of sp³-hybridized carbons (Fsp3) is 0.348. The first kappa shape index (κ1) is 21.4. The maximum Gasteiger partial charge on any atom is 0.419 e. The van der Waals surface area contributed by atoms with Crippen LogP contribution >= 0.6 is 0 Å². The Hall–Kier alpha value is -2.84. The summed E-state index contributed by atoms with van der Waals surface area (Å²) in [6.07, 6.45) is -1.26. The normalized spacial score (nSPS) is 16.5. The van der Waals surface area contributed by atoms with E-state index in [0.717, 1.165) is 31.0 Å². The van der Waals surface area contributed by atoms with Gasteiger partial charge in [-0.05, 0) is 43.1 Å². The average Bonchev–Trinajstić information content (AvgIpc) is 3.46. The number of nitrogens with zero attached hydrogens (tertiary/aromatic N) is 1. The van der Waals surface area contributed by atoms with E-state index in [2.05, 4.69) is 10.3 Å². The molecule has 0 spiro atoms. The highest BCUT2D eigenvalue weighted by Crippen LogP contribution is 2.39. The van der Waals surface area contributed by atoms with Gasteiger partial charge in [0.05, 0.1) is 24.8 Å². The highest BCUT2D eigenvalue weighted by Gasteiger charge is 2.35. The van der Waals surface area contributed by atoms with E-state index in [0.29, 0.717) is 23.8 Å². The number of alkyl halides is 3. The number of benzene rings is 2. The summed E-state index contributed by atoms with van der Waals surface area (Å²) in [6, 6.07) is 13.5. The molecule has 2 aromatic carbocycles. The number of aromatic nitrogens is 1. The highest BCUT2D eigenvalue weighted by molar-refractivity contribution is 5.61. The fourth-order valence-corrected chi connectivity index (χ4v) is 3.49. The molecule has 0 bridgehead atoms. The van der Waals surface area contributed by atoms with Gasteiger partial charge in [0.15, 0.2) is 0 Å². The molecule has 164 valence electrons. The third kappa shape index (κ3) is 5.45. The molecule has 0 aliphatic carbocycles. The van der Waals surface area contributed by atoms with Gasteiger partial charge in [-0.2, -0.15) is 13.2 Å². The quantitative estimate of drug-likeness (QED) is 0.485. The molecule has 0 radical (unpaired) electrons. The molecule has 3 aromatic rings. The summed E-state index contributed by atoms with van der Waals surface area (Å²) in [6.45, 7) is 1.44. The average molecular weight is 432 g/mol. The Morgan fingerprint density at radius 1 is 1.10 bits per heavy atom. The van der Waals surface area contributed by atoms with Gasteiger partial charge in [-0.1, -0.05) is 30.3 Å². The van der Waals surface area contributed by atoms with Gasteiger partial charge >= 0.3 is 6.18 Å². The number of nitrogens with one attached hydrogen (secondary N) is 1. The zero-order valence-corrected chi connectivity index (χ0v) is 16.8. The van der Waals surface area contributed by atoms with Crippen molar-refractivity contribution in [1.82, 2.24) is 10.3 Å².